The van der Waals surface area contributed by atoms with Gasteiger partial charge in [0.15, 0.2) is 0 Å². The maximum atomic E-state index is 11.9. The summed E-state index contributed by atoms with van der Waals surface area (Å²) < 4.78 is 5.25. The van der Waals surface area contributed by atoms with Gasteiger partial charge in [-0.1, -0.05) is 17.7 Å². The predicted molar refractivity (Wildman–Crippen MR) is 87.3 cm³/mol. The largest absolute Gasteiger partial charge is 0.495 e. The van der Waals surface area contributed by atoms with E-state index in [0.29, 0.717) is 17.3 Å². The van der Waals surface area contributed by atoms with Crippen LogP contribution in [0, 0.1) is 6.92 Å². The number of rotatable bonds is 6. The van der Waals surface area contributed by atoms with Crippen LogP contribution in [0.25, 0.3) is 0 Å². The monoisotopic (exact) mass is 319 g/mol. The molecule has 0 aliphatic rings. The topological polar surface area (TPSA) is 63.2 Å². The molecule has 0 radical (unpaired) electrons. The highest BCUT2D eigenvalue weighted by molar-refractivity contribution is 6.31. The van der Waals surface area contributed by atoms with Gasteiger partial charge in [-0.05, 0) is 30.7 Å². The number of amides is 1. The molecular weight excluding hydrogens is 302 g/mol. The fraction of sp³-hybridized carbons (Fsp3) is 0.250. The first-order valence-corrected chi connectivity index (χ1v) is 7.22. The lowest BCUT2D eigenvalue weighted by Crippen LogP contribution is -2.29. The molecule has 1 heterocycles. The number of hydrogen-bond acceptors (Lipinski definition) is 4. The number of carbonyl (C=O) groups excluding carboxylic acids is 1. The number of carbonyl (C=O) groups is 1. The molecule has 1 aromatic carbocycles. The highest BCUT2D eigenvalue weighted by Gasteiger charge is 2.08. The van der Waals surface area contributed by atoms with E-state index < -0.39 is 0 Å². The molecule has 0 atom stereocenters. The third kappa shape index (κ3) is 4.36. The Kier molecular flexibility index (Phi) is 5.61. The van der Waals surface area contributed by atoms with Gasteiger partial charge in [-0.2, -0.15) is 0 Å². The Morgan fingerprint density at radius 3 is 2.86 bits per heavy atom. The van der Waals surface area contributed by atoms with Gasteiger partial charge in [0.2, 0.25) is 5.91 Å². The summed E-state index contributed by atoms with van der Waals surface area (Å²) in [6, 6.07) is 9.16. The normalized spacial score (nSPS) is 10.1. The second-order valence-corrected chi connectivity index (χ2v) is 5.16. The van der Waals surface area contributed by atoms with E-state index in [2.05, 4.69) is 15.6 Å². The molecule has 0 aliphatic carbocycles. The van der Waals surface area contributed by atoms with Crippen molar-refractivity contribution in [2.45, 2.75) is 13.5 Å². The van der Waals surface area contributed by atoms with Gasteiger partial charge in [-0.25, -0.2) is 0 Å². The number of aryl methyl sites for hydroxylation is 1. The highest BCUT2D eigenvalue weighted by Crippen LogP contribution is 2.30. The minimum absolute atomic E-state index is 0.125. The summed E-state index contributed by atoms with van der Waals surface area (Å²) in [6.07, 6.45) is 1.70. The highest BCUT2D eigenvalue weighted by atomic mass is 35.5. The summed E-state index contributed by atoms with van der Waals surface area (Å²) in [7, 11) is 1.56. The van der Waals surface area contributed by atoms with Crippen molar-refractivity contribution in [1.29, 1.82) is 0 Å². The van der Waals surface area contributed by atoms with Crippen molar-refractivity contribution in [2.24, 2.45) is 0 Å². The third-order valence-corrected chi connectivity index (χ3v) is 3.52. The van der Waals surface area contributed by atoms with E-state index in [1.54, 1.807) is 19.4 Å². The lowest BCUT2D eigenvalue weighted by molar-refractivity contribution is -0.119. The molecule has 0 aliphatic heterocycles. The molecule has 22 heavy (non-hydrogen) atoms. The molecule has 2 N–H and O–H groups in total. The molecule has 5 nitrogen and oxygen atoms in total. The fourth-order valence-corrected chi connectivity index (χ4v) is 2.05. The van der Waals surface area contributed by atoms with Gasteiger partial charge >= 0.3 is 0 Å². The number of nitrogens with one attached hydrogen (secondary N) is 2. The van der Waals surface area contributed by atoms with Crippen molar-refractivity contribution in [3.05, 3.63) is 52.8 Å². The second-order valence-electron chi connectivity index (χ2n) is 4.75. The van der Waals surface area contributed by atoms with E-state index in [9.17, 15) is 4.79 Å². The van der Waals surface area contributed by atoms with Crippen molar-refractivity contribution >= 4 is 23.2 Å². The fourth-order valence-electron chi connectivity index (χ4n) is 1.90. The van der Waals surface area contributed by atoms with Crippen molar-refractivity contribution in [3.63, 3.8) is 0 Å². The Labute approximate surface area is 134 Å². The first-order chi connectivity index (χ1) is 10.6. The molecular formula is C16H18ClN3O2. The summed E-state index contributed by atoms with van der Waals surface area (Å²) in [4.78, 5) is 16.0. The zero-order chi connectivity index (χ0) is 15.9. The summed E-state index contributed by atoms with van der Waals surface area (Å²) in [5, 5.41) is 6.48. The number of halogens is 1. The number of methoxy groups -OCH3 is 1. The molecule has 0 fully saturated rings. The summed E-state index contributed by atoms with van der Waals surface area (Å²) in [6.45, 7) is 2.44. The molecule has 2 aromatic rings. The van der Waals surface area contributed by atoms with Crippen LogP contribution in [0.15, 0.2) is 36.5 Å². The molecule has 6 heteroatoms. The molecule has 1 aromatic heterocycles. The van der Waals surface area contributed by atoms with Gasteiger partial charge in [0, 0.05) is 17.3 Å². The van der Waals surface area contributed by atoms with Crippen LogP contribution in [0.3, 0.4) is 0 Å². The number of aromatic nitrogens is 1. The van der Waals surface area contributed by atoms with Gasteiger partial charge in [0.25, 0.3) is 0 Å². The van der Waals surface area contributed by atoms with Crippen molar-refractivity contribution in [2.75, 3.05) is 19.0 Å². The minimum atomic E-state index is -0.125. The Morgan fingerprint density at radius 1 is 1.36 bits per heavy atom. The number of hydrogen-bond donors (Lipinski definition) is 2. The number of anilines is 1. The van der Waals surface area contributed by atoms with Crippen LogP contribution >= 0.6 is 11.6 Å². The average molecular weight is 320 g/mol. The number of benzene rings is 1. The minimum Gasteiger partial charge on any atom is -0.495 e. The van der Waals surface area contributed by atoms with Gasteiger partial charge in [0.05, 0.1) is 31.6 Å². The number of ether oxygens (including phenoxy) is 1. The Balaban J connectivity index is 1.90. The first kappa shape index (κ1) is 16.1. The lowest BCUT2D eigenvalue weighted by Gasteiger charge is -2.13. The summed E-state index contributed by atoms with van der Waals surface area (Å²) in [5.74, 6) is 0.480. The van der Waals surface area contributed by atoms with E-state index in [1.165, 1.54) is 0 Å². The lowest BCUT2D eigenvalue weighted by atomic mass is 10.2. The molecule has 116 valence electrons. The van der Waals surface area contributed by atoms with Crippen LogP contribution in [-0.4, -0.2) is 24.5 Å². The maximum absolute atomic E-state index is 11.9. The molecule has 0 spiro atoms. The smallest absolute Gasteiger partial charge is 0.239 e. The quantitative estimate of drug-likeness (QED) is 0.859. The second kappa shape index (κ2) is 7.66. The van der Waals surface area contributed by atoms with E-state index >= 15 is 0 Å². The van der Waals surface area contributed by atoms with Crippen molar-refractivity contribution in [1.82, 2.24) is 10.3 Å². The molecule has 0 saturated carbocycles. The zero-order valence-corrected chi connectivity index (χ0v) is 13.3. The van der Waals surface area contributed by atoms with Crippen LogP contribution in [-0.2, 0) is 11.3 Å². The predicted octanol–water partition coefficient (Wildman–Crippen LogP) is 2.78. The van der Waals surface area contributed by atoms with Crippen molar-refractivity contribution in [3.8, 4) is 5.75 Å². The van der Waals surface area contributed by atoms with E-state index in [1.807, 2.05) is 31.2 Å². The Hall–Kier alpha value is -2.27. The van der Waals surface area contributed by atoms with Crippen LogP contribution in [0.2, 0.25) is 5.02 Å². The van der Waals surface area contributed by atoms with Crippen LogP contribution in [0.4, 0.5) is 5.69 Å². The molecule has 0 saturated heterocycles. The van der Waals surface area contributed by atoms with Gasteiger partial charge in [-0.15, -0.1) is 0 Å². The van der Waals surface area contributed by atoms with Crippen molar-refractivity contribution < 1.29 is 9.53 Å². The molecule has 1 amide bonds. The van der Waals surface area contributed by atoms with Gasteiger partial charge in [-0.3, -0.25) is 9.78 Å². The van der Waals surface area contributed by atoms with E-state index in [4.69, 9.17) is 16.3 Å². The van der Waals surface area contributed by atoms with Crippen LogP contribution in [0.1, 0.15) is 11.3 Å². The molecule has 0 unspecified atom stereocenters. The summed E-state index contributed by atoms with van der Waals surface area (Å²) >= 11 is 6.05. The van der Waals surface area contributed by atoms with Gasteiger partial charge < -0.3 is 15.4 Å². The molecule has 2 rings (SSSR count). The summed E-state index contributed by atoms with van der Waals surface area (Å²) in [5.41, 5.74) is 2.46. The Morgan fingerprint density at radius 2 is 2.18 bits per heavy atom. The van der Waals surface area contributed by atoms with Crippen LogP contribution < -0.4 is 15.4 Å². The van der Waals surface area contributed by atoms with E-state index in [0.717, 1.165) is 16.9 Å². The third-order valence-electron chi connectivity index (χ3n) is 3.11. The standard InChI is InChI=1S/C16H18ClN3O2/c1-11-7-14(15(22-2)8-13(11)17)19-10-16(21)20-9-12-5-3-4-6-18-12/h3-8,19H,9-10H2,1-2H3,(H,20,21). The SMILES string of the molecule is COc1cc(Cl)c(C)cc1NCC(=O)NCc1ccccn1. The number of nitrogens with zero attached hydrogens (tertiary/aromatic N) is 1. The maximum Gasteiger partial charge on any atom is 0.239 e. The molecule has 0 bridgehead atoms. The van der Waals surface area contributed by atoms with E-state index in [-0.39, 0.29) is 12.5 Å². The number of pyridine rings is 1. The Bertz CT molecular complexity index is 647. The first-order valence-electron chi connectivity index (χ1n) is 6.84. The van der Waals surface area contributed by atoms with Crippen LogP contribution in [0.5, 0.6) is 5.75 Å². The zero-order valence-electron chi connectivity index (χ0n) is 12.5. The van der Waals surface area contributed by atoms with Gasteiger partial charge in [0.1, 0.15) is 5.75 Å². The average Bonchev–Trinajstić information content (AvgIpc) is 2.54.